The predicted molar refractivity (Wildman–Crippen MR) is 318 cm³/mol. The molecular formula is C55H49N13O10S6. The molecule has 9 aromatic rings. The number of aromatic carboxylic acids is 1. The molecule has 6 amide bonds. The maximum atomic E-state index is 14.3. The third kappa shape index (κ3) is 13.0. The summed E-state index contributed by atoms with van der Waals surface area (Å²) in [6, 6.07) is 14.9. The molecule has 8 heterocycles. The van der Waals surface area contributed by atoms with E-state index >= 15 is 0 Å². The quantitative estimate of drug-likeness (QED) is 0.0604. The van der Waals surface area contributed by atoms with E-state index in [2.05, 4.69) is 46.9 Å². The van der Waals surface area contributed by atoms with Crippen molar-refractivity contribution in [3.63, 3.8) is 0 Å². The Hall–Kier alpha value is -8.42. The molecule has 430 valence electrons. The van der Waals surface area contributed by atoms with Crippen LogP contribution in [0.3, 0.4) is 0 Å². The number of aromatic nitrogens is 7. The van der Waals surface area contributed by atoms with E-state index in [0.29, 0.717) is 68.7 Å². The number of carbonyl (C=O) groups excluding carboxylic acids is 6. The molecule has 0 spiro atoms. The minimum absolute atomic E-state index is 0.00347. The van der Waals surface area contributed by atoms with Gasteiger partial charge in [0.15, 0.2) is 0 Å². The summed E-state index contributed by atoms with van der Waals surface area (Å²) >= 11 is 7.09. The third-order valence-electron chi connectivity index (χ3n) is 12.9. The van der Waals surface area contributed by atoms with E-state index in [1.807, 2.05) is 13.8 Å². The van der Waals surface area contributed by atoms with Crippen molar-refractivity contribution in [2.45, 2.75) is 58.0 Å². The van der Waals surface area contributed by atoms with Crippen molar-refractivity contribution in [1.82, 2.24) is 61.5 Å². The van der Waals surface area contributed by atoms with Crippen LogP contribution in [0.1, 0.15) is 127 Å². The fraction of sp³-hybridized carbons (Fsp3) is 0.236. The van der Waals surface area contributed by atoms with E-state index < -0.39 is 72.2 Å². The van der Waals surface area contributed by atoms with Crippen LogP contribution in [0.25, 0.3) is 43.4 Å². The van der Waals surface area contributed by atoms with Gasteiger partial charge in [-0.25, -0.2) is 39.7 Å². The van der Waals surface area contributed by atoms with Crippen molar-refractivity contribution in [3.05, 3.63) is 147 Å². The lowest BCUT2D eigenvalue weighted by atomic mass is 10.0. The standard InChI is InChI=1S/C55H49N13O10S6/c1-24(2)39-54-68-42(35(84-54)19-78-5)47(74)57-18-38(70)65-43(44(71)26-9-7-6-8-10-26)53-62-34(22-81-53)51-60-32(20-80-51)41-29(15-16-30(58-41)50-64-36(23-82-50)63-45(72)27-11-13-28(14-12-27)55(76)77)49-61-33(21-79-49)46(73)59-31(17-37(69)56-4)52-67-40(25(3)83-52)48(75)66-39/h6-16,20-24,31,39,43-44,71H,17-19H2,1-5H3,(H,56,69)(H,57,74)(H,59,73)(H,63,72)(H,65,70)(H,66,75)(H,76,77)/t31-,39-,43-,44-/m0/s1. The molecular weight excluding hydrogens is 1200 g/mol. The van der Waals surface area contributed by atoms with Crippen LogP contribution < -0.4 is 31.9 Å². The van der Waals surface area contributed by atoms with Crippen molar-refractivity contribution in [1.29, 1.82) is 0 Å². The highest BCUT2D eigenvalue weighted by Gasteiger charge is 2.33. The zero-order chi connectivity index (χ0) is 59.3. The number of nitrogens with zero attached hydrogens (tertiary/aromatic N) is 7. The Bertz CT molecular complexity index is 3960. The number of aliphatic hydroxyl groups excluding tert-OH is 1. The SMILES string of the molecule is CNC(=O)C[C@@H]1NC(=O)c2csc(n2)-c2ccc(-c3nc(NC(=O)c4ccc(C(=O)O)cc4)cs3)nc2-c2csc(n2)-c2csc(n2)[C@H]([C@@H](O)c2ccccc2)NC(=O)CNC(=O)c2nc(sc2COC)[C@H](C(C)C)NC(=O)c2nc1sc2C. The fourth-order valence-electron chi connectivity index (χ4n) is 8.59. The highest BCUT2D eigenvalue weighted by atomic mass is 32.1. The van der Waals surface area contributed by atoms with Gasteiger partial charge in [0.1, 0.15) is 82.2 Å². The minimum atomic E-state index is -1.29. The van der Waals surface area contributed by atoms with Crippen LogP contribution in [0.15, 0.2) is 88.3 Å². The average Bonchev–Trinajstić information content (AvgIpc) is 3.76. The Balaban J connectivity index is 1.04. The number of hydrogen-bond donors (Lipinski definition) is 8. The number of aryl methyl sites for hydroxylation is 1. The number of pyridine rings is 1. The van der Waals surface area contributed by atoms with Crippen LogP contribution >= 0.6 is 68.0 Å². The normalized spacial score (nSPS) is 16.2. The lowest BCUT2D eigenvalue weighted by Crippen LogP contribution is -2.40. The number of carboxylic acids is 1. The first-order chi connectivity index (χ1) is 40.4. The van der Waals surface area contributed by atoms with Gasteiger partial charge < -0.3 is 46.9 Å². The number of fused-ring (bicyclic) bond motifs is 14. The molecule has 0 radical (unpaired) electrons. The molecule has 29 heteroatoms. The molecule has 10 rings (SSSR count). The van der Waals surface area contributed by atoms with Gasteiger partial charge in [-0.05, 0) is 54.8 Å². The molecule has 7 aromatic heterocycles. The van der Waals surface area contributed by atoms with E-state index in [0.717, 1.165) is 34.0 Å². The van der Waals surface area contributed by atoms with E-state index in [9.17, 15) is 43.8 Å². The highest BCUT2D eigenvalue weighted by molar-refractivity contribution is 7.15. The van der Waals surface area contributed by atoms with Gasteiger partial charge in [-0.15, -0.1) is 68.0 Å². The van der Waals surface area contributed by atoms with Crippen LogP contribution in [-0.2, 0) is 20.9 Å². The van der Waals surface area contributed by atoms with Crippen LogP contribution in [0.5, 0.6) is 0 Å². The van der Waals surface area contributed by atoms with E-state index in [4.69, 9.17) is 24.7 Å². The smallest absolute Gasteiger partial charge is 0.335 e. The summed E-state index contributed by atoms with van der Waals surface area (Å²) in [7, 11) is 2.93. The van der Waals surface area contributed by atoms with Gasteiger partial charge in [-0.2, -0.15) is 0 Å². The number of amides is 6. The number of carboxylic acid groups (broad SMARTS) is 1. The molecule has 0 saturated carbocycles. The van der Waals surface area contributed by atoms with Crippen molar-refractivity contribution in [3.8, 4) is 43.4 Å². The second-order valence-corrected chi connectivity index (χ2v) is 24.8. The van der Waals surface area contributed by atoms with Gasteiger partial charge in [0.05, 0.1) is 47.8 Å². The largest absolute Gasteiger partial charge is 0.478 e. The zero-order valence-corrected chi connectivity index (χ0v) is 49.8. The number of thiazole rings is 6. The minimum Gasteiger partial charge on any atom is -0.478 e. The van der Waals surface area contributed by atoms with Crippen LogP contribution in [0, 0.1) is 12.8 Å². The highest BCUT2D eigenvalue weighted by Crippen LogP contribution is 2.40. The Labute approximate surface area is 502 Å². The first-order valence-corrected chi connectivity index (χ1v) is 30.7. The number of nitrogens with one attached hydrogen (secondary N) is 6. The van der Waals surface area contributed by atoms with Gasteiger partial charge in [0.25, 0.3) is 23.6 Å². The van der Waals surface area contributed by atoms with Crippen molar-refractivity contribution in [2.75, 3.05) is 26.0 Å². The molecule has 0 saturated heterocycles. The summed E-state index contributed by atoms with van der Waals surface area (Å²) in [4.78, 5) is 129. The number of rotatable bonds is 11. The number of hydrogen-bond acceptors (Lipinski definition) is 22. The number of carbonyl (C=O) groups is 7. The maximum Gasteiger partial charge on any atom is 0.335 e. The van der Waals surface area contributed by atoms with E-state index in [-0.39, 0.29) is 58.0 Å². The van der Waals surface area contributed by atoms with Gasteiger partial charge in [-0.3, -0.25) is 28.8 Å². The summed E-state index contributed by atoms with van der Waals surface area (Å²) in [6.45, 7) is 4.93. The summed E-state index contributed by atoms with van der Waals surface area (Å²) in [5.41, 5.74) is 2.81. The lowest BCUT2D eigenvalue weighted by Gasteiger charge is -2.23. The predicted octanol–water partition coefficient (Wildman–Crippen LogP) is 8.26. The van der Waals surface area contributed by atoms with Gasteiger partial charge in [0, 0.05) is 51.7 Å². The molecule has 0 unspecified atom stereocenters. The Morgan fingerprint density at radius 2 is 1.36 bits per heavy atom. The average molecular weight is 1240 g/mol. The van der Waals surface area contributed by atoms with Crippen molar-refractivity contribution < 1.29 is 48.5 Å². The van der Waals surface area contributed by atoms with Crippen molar-refractivity contribution >= 4 is 115 Å². The number of anilines is 1. The first kappa shape index (κ1) is 58.8. The summed E-state index contributed by atoms with van der Waals surface area (Å²) in [5.74, 6) is -4.59. The van der Waals surface area contributed by atoms with Crippen LogP contribution in [-0.4, -0.2) is 107 Å². The summed E-state index contributed by atoms with van der Waals surface area (Å²) < 4.78 is 5.44. The molecule has 0 aliphatic carbocycles. The Morgan fingerprint density at radius 3 is 2.10 bits per heavy atom. The lowest BCUT2D eigenvalue weighted by molar-refractivity contribution is -0.122. The zero-order valence-electron chi connectivity index (χ0n) is 44.9. The molecule has 1 aliphatic heterocycles. The van der Waals surface area contributed by atoms with Gasteiger partial charge in [-0.1, -0.05) is 44.2 Å². The molecule has 23 nitrogen and oxygen atoms in total. The first-order valence-electron chi connectivity index (χ1n) is 25.5. The van der Waals surface area contributed by atoms with Crippen LogP contribution in [0.2, 0.25) is 0 Å². The Kier molecular flexibility index (Phi) is 17.9. The van der Waals surface area contributed by atoms with Gasteiger partial charge >= 0.3 is 5.97 Å². The fourth-order valence-corrected chi connectivity index (χ4v) is 14.1. The summed E-state index contributed by atoms with van der Waals surface area (Å²) in [6.07, 6.45) is -1.51. The third-order valence-corrected chi connectivity index (χ3v) is 18.6. The summed E-state index contributed by atoms with van der Waals surface area (Å²) in [5, 5.41) is 47.0. The Morgan fingerprint density at radius 1 is 0.667 bits per heavy atom. The topological polar surface area (TPSA) is 332 Å². The monoisotopic (exact) mass is 1240 g/mol. The maximum absolute atomic E-state index is 14.3. The van der Waals surface area contributed by atoms with Gasteiger partial charge in [0.2, 0.25) is 11.8 Å². The number of benzene rings is 2. The number of aliphatic hydroxyl groups is 1. The molecule has 8 N–H and O–H groups in total. The van der Waals surface area contributed by atoms with Crippen molar-refractivity contribution in [2.24, 2.45) is 5.92 Å². The van der Waals surface area contributed by atoms with E-state index in [1.165, 1.54) is 72.4 Å². The second kappa shape index (κ2) is 25.6. The second-order valence-electron chi connectivity index (χ2n) is 19.0. The molecule has 0 fully saturated rings. The molecule has 84 heavy (non-hydrogen) atoms. The molecule has 2 aromatic carbocycles. The van der Waals surface area contributed by atoms with Crippen LogP contribution in [0.4, 0.5) is 5.82 Å². The number of ether oxygens (including phenoxy) is 1. The molecule has 10 bridgehead atoms. The molecule has 1 aliphatic rings. The number of methoxy groups -OCH3 is 1. The van der Waals surface area contributed by atoms with E-state index in [1.54, 1.807) is 70.9 Å². The molecule has 4 atom stereocenters.